The van der Waals surface area contributed by atoms with E-state index in [1.54, 1.807) is 0 Å². The third-order valence-electron chi connectivity index (χ3n) is 4.09. The molecule has 2 rings (SSSR count). The summed E-state index contributed by atoms with van der Waals surface area (Å²) in [5, 5.41) is 0. The van der Waals surface area contributed by atoms with Gasteiger partial charge < -0.3 is 5.73 Å². The first-order chi connectivity index (χ1) is 7.60. The Kier molecular flexibility index (Phi) is 3.29. The Morgan fingerprint density at radius 1 is 1.31 bits per heavy atom. The van der Waals surface area contributed by atoms with Gasteiger partial charge in [0.25, 0.3) is 0 Å². The summed E-state index contributed by atoms with van der Waals surface area (Å²) in [5.74, 6) is 1.39. The fraction of sp³-hybridized carbons (Fsp3) is 0.643. The van der Waals surface area contributed by atoms with Crippen molar-refractivity contribution in [3.8, 4) is 0 Å². The maximum atomic E-state index is 6.60. The van der Waals surface area contributed by atoms with E-state index >= 15 is 0 Å². The van der Waals surface area contributed by atoms with Gasteiger partial charge in [0.15, 0.2) is 0 Å². The predicted octanol–water partition coefficient (Wildman–Crippen LogP) is 2.78. The first-order valence-corrected chi connectivity index (χ1v) is 6.28. The minimum Gasteiger partial charge on any atom is -0.325 e. The molecule has 1 aromatic heterocycles. The van der Waals surface area contributed by atoms with Crippen molar-refractivity contribution in [2.45, 2.75) is 45.1 Å². The van der Waals surface area contributed by atoms with Crippen molar-refractivity contribution >= 4 is 0 Å². The minimum atomic E-state index is -0.0149. The topological polar surface area (TPSA) is 38.9 Å². The fourth-order valence-electron chi connectivity index (χ4n) is 2.90. The van der Waals surface area contributed by atoms with Gasteiger partial charge in [-0.1, -0.05) is 20.3 Å². The summed E-state index contributed by atoms with van der Waals surface area (Å²) in [6.45, 7) is 4.62. The van der Waals surface area contributed by atoms with E-state index in [2.05, 4.69) is 31.0 Å². The number of hydrogen-bond acceptors (Lipinski definition) is 2. The Balaban J connectivity index is 2.12. The van der Waals surface area contributed by atoms with E-state index in [4.69, 9.17) is 5.73 Å². The smallest absolute Gasteiger partial charge is 0.0270 e. The van der Waals surface area contributed by atoms with Crippen molar-refractivity contribution in [3.63, 3.8) is 0 Å². The lowest BCUT2D eigenvalue weighted by molar-refractivity contribution is 0.161. The molecular formula is C14H22N2. The molecule has 0 aliphatic heterocycles. The van der Waals surface area contributed by atoms with E-state index < -0.39 is 0 Å². The van der Waals surface area contributed by atoms with Crippen LogP contribution < -0.4 is 5.73 Å². The van der Waals surface area contributed by atoms with Crippen LogP contribution >= 0.6 is 0 Å². The number of pyridine rings is 1. The van der Waals surface area contributed by atoms with Gasteiger partial charge in [0.2, 0.25) is 0 Å². The molecule has 0 spiro atoms. The molecule has 1 aromatic rings. The third kappa shape index (κ3) is 2.43. The highest BCUT2D eigenvalue weighted by Gasteiger charge is 2.36. The van der Waals surface area contributed by atoms with Crippen molar-refractivity contribution in [2.24, 2.45) is 17.6 Å². The average molecular weight is 218 g/mol. The molecule has 0 radical (unpaired) electrons. The lowest BCUT2D eigenvalue weighted by atomic mass is 9.68. The predicted molar refractivity (Wildman–Crippen MR) is 67.0 cm³/mol. The molecule has 0 amide bonds. The maximum absolute atomic E-state index is 6.60. The average Bonchev–Trinajstić information content (AvgIpc) is 2.25. The second kappa shape index (κ2) is 4.54. The fourth-order valence-corrected chi connectivity index (χ4v) is 2.90. The van der Waals surface area contributed by atoms with Crippen LogP contribution in [-0.4, -0.2) is 10.5 Å². The van der Waals surface area contributed by atoms with E-state index in [-0.39, 0.29) is 5.54 Å². The summed E-state index contributed by atoms with van der Waals surface area (Å²) >= 11 is 0. The minimum absolute atomic E-state index is 0.0149. The SMILES string of the molecule is CC1CCC(C)C(N)(Cc2ccncc2)C1. The van der Waals surface area contributed by atoms with Gasteiger partial charge in [-0.3, -0.25) is 4.98 Å². The largest absolute Gasteiger partial charge is 0.325 e. The number of hydrogen-bond donors (Lipinski definition) is 1. The molecule has 2 heteroatoms. The molecule has 1 heterocycles. The molecular weight excluding hydrogens is 196 g/mol. The third-order valence-corrected chi connectivity index (χ3v) is 4.09. The first kappa shape index (κ1) is 11.6. The second-order valence-corrected chi connectivity index (χ2v) is 5.55. The van der Waals surface area contributed by atoms with Crippen LogP contribution in [0.15, 0.2) is 24.5 Å². The quantitative estimate of drug-likeness (QED) is 0.829. The van der Waals surface area contributed by atoms with E-state index in [9.17, 15) is 0 Å². The van der Waals surface area contributed by atoms with Gasteiger partial charge in [-0.25, -0.2) is 0 Å². The Labute approximate surface area is 98.3 Å². The molecule has 0 bridgehead atoms. The molecule has 16 heavy (non-hydrogen) atoms. The van der Waals surface area contributed by atoms with Gasteiger partial charge in [-0.2, -0.15) is 0 Å². The molecule has 1 aliphatic carbocycles. The van der Waals surface area contributed by atoms with Gasteiger partial charge in [-0.05, 0) is 48.8 Å². The van der Waals surface area contributed by atoms with E-state index in [0.29, 0.717) is 5.92 Å². The highest BCUT2D eigenvalue weighted by molar-refractivity contribution is 5.15. The van der Waals surface area contributed by atoms with Crippen molar-refractivity contribution in [1.82, 2.24) is 4.98 Å². The summed E-state index contributed by atoms with van der Waals surface area (Å²) in [5.41, 5.74) is 7.91. The maximum Gasteiger partial charge on any atom is 0.0270 e. The van der Waals surface area contributed by atoms with Gasteiger partial charge in [0.1, 0.15) is 0 Å². The summed E-state index contributed by atoms with van der Waals surface area (Å²) in [4.78, 5) is 4.05. The first-order valence-electron chi connectivity index (χ1n) is 6.28. The van der Waals surface area contributed by atoms with E-state index in [0.717, 1.165) is 18.8 Å². The number of rotatable bonds is 2. The van der Waals surface area contributed by atoms with Crippen LogP contribution in [0.4, 0.5) is 0 Å². The summed E-state index contributed by atoms with van der Waals surface area (Å²) in [7, 11) is 0. The van der Waals surface area contributed by atoms with Crippen LogP contribution in [0.2, 0.25) is 0 Å². The molecule has 0 aromatic carbocycles. The van der Waals surface area contributed by atoms with E-state index in [1.165, 1.54) is 18.4 Å². The molecule has 3 atom stereocenters. The molecule has 2 nitrogen and oxygen atoms in total. The summed E-state index contributed by atoms with van der Waals surface area (Å²) < 4.78 is 0. The lowest BCUT2D eigenvalue weighted by Gasteiger charge is -2.42. The Morgan fingerprint density at radius 3 is 2.69 bits per heavy atom. The van der Waals surface area contributed by atoms with Crippen LogP contribution in [0.1, 0.15) is 38.7 Å². The highest BCUT2D eigenvalue weighted by Crippen LogP contribution is 2.37. The molecule has 1 saturated carbocycles. The molecule has 1 fully saturated rings. The molecule has 3 unspecified atom stereocenters. The van der Waals surface area contributed by atoms with Crippen molar-refractivity contribution in [3.05, 3.63) is 30.1 Å². The number of nitrogens with two attached hydrogens (primary N) is 1. The normalized spacial score (nSPS) is 34.9. The van der Waals surface area contributed by atoms with Crippen molar-refractivity contribution in [2.75, 3.05) is 0 Å². The zero-order valence-electron chi connectivity index (χ0n) is 10.3. The number of aromatic nitrogens is 1. The van der Waals surface area contributed by atoms with Gasteiger partial charge in [0.05, 0.1) is 0 Å². The van der Waals surface area contributed by atoms with E-state index in [1.807, 2.05) is 12.4 Å². The van der Waals surface area contributed by atoms with Crippen LogP contribution in [-0.2, 0) is 6.42 Å². The lowest BCUT2D eigenvalue weighted by Crippen LogP contribution is -2.51. The highest BCUT2D eigenvalue weighted by atomic mass is 14.8. The van der Waals surface area contributed by atoms with Crippen LogP contribution in [0.5, 0.6) is 0 Å². The standard InChI is InChI=1S/C14H22N2/c1-11-3-4-12(2)14(15,9-11)10-13-5-7-16-8-6-13/h5-8,11-12H,3-4,9-10,15H2,1-2H3. The van der Waals surface area contributed by atoms with Crippen LogP contribution in [0.25, 0.3) is 0 Å². The zero-order valence-corrected chi connectivity index (χ0v) is 10.3. The Morgan fingerprint density at radius 2 is 2.00 bits per heavy atom. The molecule has 88 valence electrons. The Bertz CT molecular complexity index is 336. The monoisotopic (exact) mass is 218 g/mol. The summed E-state index contributed by atoms with van der Waals surface area (Å²) in [6.07, 6.45) is 8.45. The molecule has 0 saturated heterocycles. The summed E-state index contributed by atoms with van der Waals surface area (Å²) in [6, 6.07) is 4.17. The Hall–Kier alpha value is -0.890. The van der Waals surface area contributed by atoms with Gasteiger partial charge >= 0.3 is 0 Å². The van der Waals surface area contributed by atoms with Gasteiger partial charge in [-0.15, -0.1) is 0 Å². The van der Waals surface area contributed by atoms with Crippen molar-refractivity contribution < 1.29 is 0 Å². The zero-order chi connectivity index (χ0) is 11.6. The van der Waals surface area contributed by atoms with Gasteiger partial charge in [0, 0.05) is 17.9 Å². The molecule has 2 N–H and O–H groups in total. The van der Waals surface area contributed by atoms with Crippen molar-refractivity contribution in [1.29, 1.82) is 0 Å². The van der Waals surface area contributed by atoms with Crippen LogP contribution in [0, 0.1) is 11.8 Å². The second-order valence-electron chi connectivity index (χ2n) is 5.55. The molecule has 1 aliphatic rings. The van der Waals surface area contributed by atoms with Crippen LogP contribution in [0.3, 0.4) is 0 Å². The number of nitrogens with zero attached hydrogens (tertiary/aromatic N) is 1.